The molecule has 84 valence electrons. The second kappa shape index (κ2) is 3.47. The van der Waals surface area contributed by atoms with Crippen molar-refractivity contribution in [3.63, 3.8) is 0 Å². The van der Waals surface area contributed by atoms with Crippen LogP contribution >= 0.6 is 0 Å². The Kier molecular flexibility index (Phi) is 2.96. The molecule has 0 aromatic heterocycles. The number of ether oxygens (including phenoxy) is 1. The molecule has 0 amide bonds. The zero-order valence-electron chi connectivity index (χ0n) is 9.76. The van der Waals surface area contributed by atoms with Crippen LogP contribution < -0.4 is 5.73 Å². The zero-order chi connectivity index (χ0) is 11.0. The van der Waals surface area contributed by atoms with Crippen molar-refractivity contribution in [2.45, 2.75) is 63.7 Å². The van der Waals surface area contributed by atoms with Gasteiger partial charge in [0.25, 0.3) is 0 Å². The molecule has 0 aliphatic heterocycles. The summed E-state index contributed by atoms with van der Waals surface area (Å²) in [4.78, 5) is 0. The third kappa shape index (κ3) is 2.47. The van der Waals surface area contributed by atoms with Crippen molar-refractivity contribution in [3.8, 4) is 0 Å². The quantitative estimate of drug-likeness (QED) is 0.726. The molecule has 0 spiro atoms. The van der Waals surface area contributed by atoms with Crippen LogP contribution in [0.2, 0.25) is 0 Å². The van der Waals surface area contributed by atoms with Crippen LogP contribution in [-0.4, -0.2) is 28.5 Å². The van der Waals surface area contributed by atoms with Gasteiger partial charge in [-0.1, -0.05) is 0 Å². The number of rotatable bonds is 3. The molecule has 1 saturated carbocycles. The fraction of sp³-hybridized carbons (Fsp3) is 1.00. The van der Waals surface area contributed by atoms with Crippen molar-refractivity contribution in [1.29, 1.82) is 0 Å². The maximum absolute atomic E-state index is 10.1. The molecule has 0 heterocycles. The van der Waals surface area contributed by atoms with Crippen LogP contribution in [0.3, 0.4) is 0 Å². The van der Waals surface area contributed by atoms with E-state index in [2.05, 4.69) is 0 Å². The van der Waals surface area contributed by atoms with Gasteiger partial charge in [-0.25, -0.2) is 0 Å². The Labute approximate surface area is 86.6 Å². The summed E-state index contributed by atoms with van der Waals surface area (Å²) in [7, 11) is 0. The van der Waals surface area contributed by atoms with Crippen molar-refractivity contribution >= 4 is 0 Å². The summed E-state index contributed by atoms with van der Waals surface area (Å²) in [6, 6.07) is 0. The van der Waals surface area contributed by atoms with Gasteiger partial charge >= 0.3 is 0 Å². The Hall–Kier alpha value is -0.120. The number of hydrogen-bond donors (Lipinski definition) is 2. The SMILES string of the molecule is CC(C)(N)COC1(C)CCCC1(C)O. The molecule has 3 nitrogen and oxygen atoms in total. The van der Waals surface area contributed by atoms with Gasteiger partial charge in [-0.2, -0.15) is 0 Å². The molecule has 14 heavy (non-hydrogen) atoms. The van der Waals surface area contributed by atoms with Crippen molar-refractivity contribution in [2.24, 2.45) is 5.73 Å². The molecule has 1 aliphatic carbocycles. The van der Waals surface area contributed by atoms with Crippen LogP contribution in [0.25, 0.3) is 0 Å². The van der Waals surface area contributed by atoms with E-state index < -0.39 is 11.2 Å². The summed E-state index contributed by atoms with van der Waals surface area (Å²) in [6.45, 7) is 8.18. The monoisotopic (exact) mass is 201 g/mol. The Morgan fingerprint density at radius 1 is 1.36 bits per heavy atom. The van der Waals surface area contributed by atoms with Crippen LogP contribution in [0.15, 0.2) is 0 Å². The molecule has 0 saturated heterocycles. The van der Waals surface area contributed by atoms with Gasteiger partial charge in [0.05, 0.1) is 17.8 Å². The number of nitrogens with two attached hydrogens (primary N) is 1. The minimum atomic E-state index is -0.710. The second-order valence-electron chi connectivity index (χ2n) is 5.64. The highest BCUT2D eigenvalue weighted by Gasteiger charge is 2.48. The predicted molar refractivity (Wildman–Crippen MR) is 57.1 cm³/mol. The van der Waals surface area contributed by atoms with Crippen LogP contribution in [0.4, 0.5) is 0 Å². The first-order valence-corrected chi connectivity index (χ1v) is 5.32. The van der Waals surface area contributed by atoms with E-state index in [0.717, 1.165) is 19.3 Å². The molecule has 1 aliphatic rings. The van der Waals surface area contributed by atoms with E-state index >= 15 is 0 Å². The van der Waals surface area contributed by atoms with Gasteiger partial charge in [0.15, 0.2) is 0 Å². The van der Waals surface area contributed by atoms with E-state index in [0.29, 0.717) is 6.61 Å². The van der Waals surface area contributed by atoms with Gasteiger partial charge in [0.2, 0.25) is 0 Å². The zero-order valence-corrected chi connectivity index (χ0v) is 9.76. The summed E-state index contributed by atoms with van der Waals surface area (Å²) >= 11 is 0. The first kappa shape index (κ1) is 12.0. The lowest BCUT2D eigenvalue weighted by Gasteiger charge is -2.38. The number of aliphatic hydroxyl groups is 1. The smallest absolute Gasteiger partial charge is 0.0938 e. The van der Waals surface area contributed by atoms with Crippen molar-refractivity contribution < 1.29 is 9.84 Å². The van der Waals surface area contributed by atoms with Crippen LogP contribution in [0, 0.1) is 0 Å². The first-order valence-electron chi connectivity index (χ1n) is 5.32. The van der Waals surface area contributed by atoms with E-state index in [1.54, 1.807) is 0 Å². The van der Waals surface area contributed by atoms with Crippen LogP contribution in [-0.2, 0) is 4.74 Å². The van der Waals surface area contributed by atoms with Crippen LogP contribution in [0.1, 0.15) is 47.0 Å². The van der Waals surface area contributed by atoms with E-state index in [-0.39, 0.29) is 5.54 Å². The van der Waals surface area contributed by atoms with Gasteiger partial charge in [-0.05, 0) is 47.0 Å². The fourth-order valence-corrected chi connectivity index (χ4v) is 1.88. The molecule has 0 bridgehead atoms. The standard InChI is InChI=1S/C11H23NO2/c1-9(2,12)8-14-11(4)7-5-6-10(11,3)13/h13H,5-8,12H2,1-4H3. The Bertz CT molecular complexity index is 208. The molecule has 1 fully saturated rings. The van der Waals surface area contributed by atoms with E-state index in [1.807, 2.05) is 27.7 Å². The third-order valence-electron chi connectivity index (χ3n) is 3.22. The molecule has 1 rings (SSSR count). The third-order valence-corrected chi connectivity index (χ3v) is 3.22. The molecule has 2 unspecified atom stereocenters. The predicted octanol–water partition coefficient (Wildman–Crippen LogP) is 1.43. The van der Waals surface area contributed by atoms with E-state index in [1.165, 1.54) is 0 Å². The summed E-state index contributed by atoms with van der Waals surface area (Å²) in [5, 5.41) is 10.1. The minimum Gasteiger partial charge on any atom is -0.387 e. The lowest BCUT2D eigenvalue weighted by molar-refractivity contribution is -0.154. The van der Waals surface area contributed by atoms with Crippen molar-refractivity contribution in [1.82, 2.24) is 0 Å². The van der Waals surface area contributed by atoms with E-state index in [4.69, 9.17) is 10.5 Å². The van der Waals surface area contributed by atoms with Gasteiger partial charge in [-0.3, -0.25) is 0 Å². The summed E-state index contributed by atoms with van der Waals surface area (Å²) in [5.41, 5.74) is 4.39. The van der Waals surface area contributed by atoms with Crippen molar-refractivity contribution in [3.05, 3.63) is 0 Å². The first-order chi connectivity index (χ1) is 6.16. The summed E-state index contributed by atoms with van der Waals surface area (Å²) in [6.07, 6.45) is 2.75. The van der Waals surface area contributed by atoms with Gasteiger partial charge < -0.3 is 15.6 Å². The molecule has 3 heteroatoms. The Morgan fingerprint density at radius 2 is 1.93 bits per heavy atom. The average Bonchev–Trinajstić information content (AvgIpc) is 2.23. The molecule has 2 atom stereocenters. The molecular weight excluding hydrogens is 178 g/mol. The topological polar surface area (TPSA) is 55.5 Å². The highest BCUT2D eigenvalue weighted by Crippen LogP contribution is 2.41. The minimum absolute atomic E-state index is 0.332. The highest BCUT2D eigenvalue weighted by molar-refractivity contribution is 5.01. The molecular formula is C11H23NO2. The van der Waals surface area contributed by atoms with Gasteiger partial charge in [0, 0.05) is 5.54 Å². The molecule has 0 radical (unpaired) electrons. The van der Waals surface area contributed by atoms with Crippen LogP contribution in [0.5, 0.6) is 0 Å². The van der Waals surface area contributed by atoms with Gasteiger partial charge in [0.1, 0.15) is 0 Å². The number of hydrogen-bond acceptors (Lipinski definition) is 3. The van der Waals surface area contributed by atoms with E-state index in [9.17, 15) is 5.11 Å². The molecule has 0 aromatic carbocycles. The Balaban J connectivity index is 2.58. The summed E-state index contributed by atoms with van der Waals surface area (Å²) < 4.78 is 5.80. The van der Waals surface area contributed by atoms with Crippen molar-refractivity contribution in [2.75, 3.05) is 6.61 Å². The Morgan fingerprint density at radius 3 is 2.29 bits per heavy atom. The highest BCUT2D eigenvalue weighted by atomic mass is 16.5. The normalized spacial score (nSPS) is 39.0. The average molecular weight is 201 g/mol. The largest absolute Gasteiger partial charge is 0.387 e. The lowest BCUT2D eigenvalue weighted by atomic mass is 9.89. The molecule has 3 N–H and O–H groups in total. The maximum Gasteiger partial charge on any atom is 0.0938 e. The second-order valence-corrected chi connectivity index (χ2v) is 5.64. The van der Waals surface area contributed by atoms with Gasteiger partial charge in [-0.15, -0.1) is 0 Å². The fourth-order valence-electron chi connectivity index (χ4n) is 1.88. The summed E-state index contributed by atoms with van der Waals surface area (Å²) in [5.74, 6) is 0. The lowest BCUT2D eigenvalue weighted by Crippen LogP contribution is -2.51. The molecule has 0 aromatic rings. The maximum atomic E-state index is 10.1.